The van der Waals surface area contributed by atoms with E-state index in [-0.39, 0.29) is 11.7 Å². The highest BCUT2D eigenvalue weighted by Gasteiger charge is 2.53. The molecule has 0 spiro atoms. The van der Waals surface area contributed by atoms with Crippen LogP contribution in [0.1, 0.15) is 6.92 Å². The highest BCUT2D eigenvalue weighted by Crippen LogP contribution is 2.43. The zero-order chi connectivity index (χ0) is 6.48. The Morgan fingerprint density at radius 2 is 2.56 bits per heavy atom. The third-order valence-corrected chi connectivity index (χ3v) is 1.80. The molecule has 2 rings (SSSR count). The molecule has 2 aliphatic rings. The van der Waals surface area contributed by atoms with Crippen molar-refractivity contribution >= 4 is 0 Å². The molecule has 0 amide bonds. The highest BCUT2D eigenvalue weighted by atomic mass is 16.6. The zero-order valence-electron chi connectivity index (χ0n) is 5.16. The summed E-state index contributed by atoms with van der Waals surface area (Å²) < 4.78 is 5.17. The Labute approximate surface area is 53.4 Å². The number of hydrogen-bond acceptors (Lipinski definition) is 2. The summed E-state index contributed by atoms with van der Waals surface area (Å²) in [6.07, 6.45) is 5.39. The van der Waals surface area contributed by atoms with Gasteiger partial charge < -0.3 is 9.84 Å². The van der Waals surface area contributed by atoms with Crippen LogP contribution in [-0.2, 0) is 4.74 Å². The minimum atomic E-state index is -0.182. The van der Waals surface area contributed by atoms with Gasteiger partial charge in [-0.05, 0) is 19.1 Å². The molecule has 48 valence electrons. The third-order valence-electron chi connectivity index (χ3n) is 1.80. The Kier molecular flexibility index (Phi) is 0.682. The fourth-order valence-corrected chi connectivity index (χ4v) is 1.13. The molecule has 1 heterocycles. The first kappa shape index (κ1) is 5.06. The topological polar surface area (TPSA) is 32.8 Å². The number of aliphatic hydroxyl groups is 1. The van der Waals surface area contributed by atoms with Crippen LogP contribution < -0.4 is 0 Å². The molecule has 0 bridgehead atoms. The van der Waals surface area contributed by atoms with Gasteiger partial charge in [0.15, 0.2) is 0 Å². The lowest BCUT2D eigenvalue weighted by Gasteiger charge is -2.00. The van der Waals surface area contributed by atoms with Gasteiger partial charge in [-0.15, -0.1) is 0 Å². The number of rotatable bonds is 0. The van der Waals surface area contributed by atoms with Crippen LogP contribution in [0.3, 0.4) is 0 Å². The number of ether oxygens (including phenoxy) is 1. The van der Waals surface area contributed by atoms with Crippen molar-refractivity contribution in [2.45, 2.75) is 18.6 Å². The summed E-state index contributed by atoms with van der Waals surface area (Å²) in [7, 11) is 0. The summed E-state index contributed by atoms with van der Waals surface area (Å²) in [4.78, 5) is 0. The lowest BCUT2D eigenvalue weighted by Crippen LogP contribution is -2.09. The van der Waals surface area contributed by atoms with Gasteiger partial charge in [0.05, 0.1) is 0 Å². The van der Waals surface area contributed by atoms with Crippen LogP contribution in [0, 0.1) is 0 Å². The lowest BCUT2D eigenvalue weighted by atomic mass is 10.0. The van der Waals surface area contributed by atoms with E-state index in [4.69, 9.17) is 9.84 Å². The Morgan fingerprint density at radius 1 is 1.78 bits per heavy atom. The van der Waals surface area contributed by atoms with Crippen molar-refractivity contribution in [3.63, 3.8) is 0 Å². The smallest absolute Gasteiger partial charge is 0.148 e. The first-order chi connectivity index (χ1) is 4.22. The largest absolute Gasteiger partial charge is 0.509 e. The molecule has 1 N–H and O–H groups in total. The summed E-state index contributed by atoms with van der Waals surface area (Å²) >= 11 is 0. The molecule has 2 nitrogen and oxygen atoms in total. The van der Waals surface area contributed by atoms with E-state index in [1.807, 2.05) is 19.1 Å². The van der Waals surface area contributed by atoms with Crippen molar-refractivity contribution < 1.29 is 9.84 Å². The molecule has 0 aromatic carbocycles. The van der Waals surface area contributed by atoms with Crippen molar-refractivity contribution in [3.8, 4) is 0 Å². The summed E-state index contributed by atoms with van der Waals surface area (Å²) in [5, 5.41) is 9.07. The standard InChI is InChI=1S/C7H8O2/c1-7-4-2-3-5(8)6(7)9-7/h2-4,6,8H,1H3. The maximum absolute atomic E-state index is 9.07. The first-order valence-electron chi connectivity index (χ1n) is 2.98. The molecule has 2 heteroatoms. The molecule has 2 unspecified atom stereocenters. The van der Waals surface area contributed by atoms with Gasteiger partial charge in [-0.25, -0.2) is 0 Å². The van der Waals surface area contributed by atoms with E-state index in [0.717, 1.165) is 0 Å². The van der Waals surface area contributed by atoms with Crippen LogP contribution in [0.25, 0.3) is 0 Å². The molecule has 1 fully saturated rings. The molecule has 2 atom stereocenters. The molecule has 0 aromatic rings. The molecule has 9 heavy (non-hydrogen) atoms. The zero-order valence-corrected chi connectivity index (χ0v) is 5.16. The van der Waals surface area contributed by atoms with Gasteiger partial charge >= 0.3 is 0 Å². The van der Waals surface area contributed by atoms with Gasteiger partial charge in [0.25, 0.3) is 0 Å². The van der Waals surface area contributed by atoms with E-state index in [1.165, 1.54) is 0 Å². The van der Waals surface area contributed by atoms with E-state index in [2.05, 4.69) is 0 Å². The first-order valence-corrected chi connectivity index (χ1v) is 2.98. The van der Waals surface area contributed by atoms with Gasteiger partial charge in [-0.2, -0.15) is 0 Å². The number of aliphatic hydroxyl groups excluding tert-OH is 1. The van der Waals surface area contributed by atoms with Gasteiger partial charge in [0, 0.05) is 0 Å². The minimum Gasteiger partial charge on any atom is -0.509 e. The fourth-order valence-electron chi connectivity index (χ4n) is 1.13. The SMILES string of the molecule is CC12C=CC=C(O)C1O2. The summed E-state index contributed by atoms with van der Waals surface area (Å²) in [5.74, 6) is 0.347. The second kappa shape index (κ2) is 1.21. The molecule has 1 aliphatic carbocycles. The fraction of sp³-hybridized carbons (Fsp3) is 0.429. The van der Waals surface area contributed by atoms with Crippen LogP contribution in [0.2, 0.25) is 0 Å². The van der Waals surface area contributed by atoms with Crippen molar-refractivity contribution in [1.29, 1.82) is 0 Å². The predicted octanol–water partition coefficient (Wildman–Crippen LogP) is 1.16. The quantitative estimate of drug-likeness (QED) is 0.491. The maximum Gasteiger partial charge on any atom is 0.148 e. The average Bonchev–Trinajstić information content (AvgIpc) is 2.43. The maximum atomic E-state index is 9.07. The van der Waals surface area contributed by atoms with Gasteiger partial charge in [-0.1, -0.05) is 6.08 Å². The van der Waals surface area contributed by atoms with Crippen LogP contribution in [0.5, 0.6) is 0 Å². The van der Waals surface area contributed by atoms with E-state index >= 15 is 0 Å². The van der Waals surface area contributed by atoms with E-state index < -0.39 is 0 Å². The number of allylic oxidation sites excluding steroid dienone is 2. The summed E-state index contributed by atoms with van der Waals surface area (Å²) in [5.41, 5.74) is -0.182. The normalized spacial score (nSPS) is 45.9. The second-order valence-electron chi connectivity index (χ2n) is 2.63. The molecule has 0 saturated carbocycles. The molecule has 1 saturated heterocycles. The van der Waals surface area contributed by atoms with Gasteiger partial charge in [0.1, 0.15) is 17.5 Å². The molecular formula is C7H8O2. The Bertz CT molecular complexity index is 205. The van der Waals surface area contributed by atoms with Crippen molar-refractivity contribution in [3.05, 3.63) is 24.0 Å². The average molecular weight is 124 g/mol. The van der Waals surface area contributed by atoms with E-state index in [0.29, 0.717) is 5.76 Å². The number of hydrogen-bond donors (Lipinski definition) is 1. The Hall–Kier alpha value is -0.760. The molecule has 0 aromatic heterocycles. The number of epoxide rings is 1. The Morgan fingerprint density at radius 3 is 3.11 bits per heavy atom. The molecule has 1 aliphatic heterocycles. The summed E-state index contributed by atoms with van der Waals surface area (Å²) in [6, 6.07) is 0. The van der Waals surface area contributed by atoms with Crippen LogP contribution >= 0.6 is 0 Å². The monoisotopic (exact) mass is 124 g/mol. The van der Waals surface area contributed by atoms with Gasteiger partial charge in [-0.3, -0.25) is 0 Å². The Balaban J connectivity index is 2.34. The third kappa shape index (κ3) is 0.537. The van der Waals surface area contributed by atoms with Crippen molar-refractivity contribution in [2.75, 3.05) is 0 Å². The highest BCUT2D eigenvalue weighted by molar-refractivity contribution is 5.32. The number of fused-ring (bicyclic) bond motifs is 1. The van der Waals surface area contributed by atoms with Crippen molar-refractivity contribution in [2.24, 2.45) is 0 Å². The van der Waals surface area contributed by atoms with E-state index in [1.54, 1.807) is 6.08 Å². The van der Waals surface area contributed by atoms with E-state index in [9.17, 15) is 0 Å². The summed E-state index contributed by atoms with van der Waals surface area (Å²) in [6.45, 7) is 1.96. The molecular weight excluding hydrogens is 116 g/mol. The van der Waals surface area contributed by atoms with Crippen LogP contribution in [0.15, 0.2) is 24.0 Å². The van der Waals surface area contributed by atoms with Crippen LogP contribution in [0.4, 0.5) is 0 Å². The van der Waals surface area contributed by atoms with Crippen molar-refractivity contribution in [1.82, 2.24) is 0 Å². The molecule has 0 radical (unpaired) electrons. The van der Waals surface area contributed by atoms with Gasteiger partial charge in [0.2, 0.25) is 0 Å². The second-order valence-corrected chi connectivity index (χ2v) is 2.63. The lowest BCUT2D eigenvalue weighted by molar-refractivity contribution is 0.309. The predicted molar refractivity (Wildman–Crippen MR) is 33.1 cm³/mol. The van der Waals surface area contributed by atoms with Crippen LogP contribution in [-0.4, -0.2) is 16.8 Å². The minimum absolute atomic E-state index is 0.0532.